The Balaban J connectivity index is 2.07. The van der Waals surface area contributed by atoms with Gasteiger partial charge < -0.3 is 5.11 Å². The fourth-order valence-corrected chi connectivity index (χ4v) is 3.91. The molecule has 1 aromatic carbocycles. The van der Waals surface area contributed by atoms with Crippen molar-refractivity contribution in [2.45, 2.75) is 30.9 Å². The van der Waals surface area contributed by atoms with Crippen LogP contribution in [0.1, 0.15) is 21.1 Å². The Labute approximate surface area is 124 Å². The molecule has 20 heavy (non-hydrogen) atoms. The van der Waals surface area contributed by atoms with Gasteiger partial charge in [0, 0.05) is 9.77 Å². The van der Waals surface area contributed by atoms with Gasteiger partial charge >= 0.3 is 5.97 Å². The molecule has 1 heterocycles. The number of aromatic nitrogens is 1. The molecule has 0 amide bonds. The first-order valence-corrected chi connectivity index (χ1v) is 8.21. The molecule has 0 aliphatic heterocycles. The monoisotopic (exact) mass is 309 g/mol. The van der Waals surface area contributed by atoms with E-state index in [2.05, 4.69) is 4.98 Å². The average molecular weight is 309 g/mol. The first-order valence-electron chi connectivity index (χ1n) is 6.07. The van der Waals surface area contributed by atoms with Crippen LogP contribution in [0.4, 0.5) is 0 Å². The summed E-state index contributed by atoms with van der Waals surface area (Å²) in [5.41, 5.74) is 1.69. The van der Waals surface area contributed by atoms with E-state index in [0.29, 0.717) is 16.2 Å². The first-order chi connectivity index (χ1) is 9.45. The molecule has 1 unspecified atom stereocenters. The maximum Gasteiger partial charge on any atom is 0.307 e. The van der Waals surface area contributed by atoms with Crippen LogP contribution in [0.3, 0.4) is 0 Å². The lowest BCUT2D eigenvalue weighted by atomic mass is 10.2. The Morgan fingerprint density at radius 2 is 1.95 bits per heavy atom. The predicted octanol–water partition coefficient (Wildman–Crippen LogP) is 2.69. The van der Waals surface area contributed by atoms with Gasteiger partial charge in [-0.1, -0.05) is 12.1 Å². The number of carboxylic acids is 1. The number of hydrogen-bond donors (Lipinski definition) is 1. The highest BCUT2D eigenvalue weighted by molar-refractivity contribution is 7.84. The van der Waals surface area contributed by atoms with Gasteiger partial charge in [0.1, 0.15) is 5.01 Å². The van der Waals surface area contributed by atoms with Crippen molar-refractivity contribution >= 4 is 28.1 Å². The first kappa shape index (κ1) is 14.9. The summed E-state index contributed by atoms with van der Waals surface area (Å²) in [6.07, 6.45) is -0.0161. The largest absolute Gasteiger partial charge is 0.481 e. The van der Waals surface area contributed by atoms with Crippen molar-refractivity contribution in [1.29, 1.82) is 0 Å². The van der Waals surface area contributed by atoms with Crippen LogP contribution in [0, 0.1) is 13.8 Å². The summed E-state index contributed by atoms with van der Waals surface area (Å²) in [5, 5.41) is 9.57. The van der Waals surface area contributed by atoms with Gasteiger partial charge in [-0.15, -0.1) is 11.3 Å². The molecule has 0 aliphatic rings. The molecule has 6 heteroatoms. The van der Waals surface area contributed by atoms with E-state index in [9.17, 15) is 9.00 Å². The second-order valence-electron chi connectivity index (χ2n) is 4.45. The van der Waals surface area contributed by atoms with Gasteiger partial charge in [-0.2, -0.15) is 0 Å². The molecule has 0 spiro atoms. The molecule has 1 atom stereocenters. The highest BCUT2D eigenvalue weighted by atomic mass is 32.2. The highest BCUT2D eigenvalue weighted by Gasteiger charge is 2.10. The summed E-state index contributed by atoms with van der Waals surface area (Å²) in [7, 11) is -1.15. The summed E-state index contributed by atoms with van der Waals surface area (Å²) in [5.74, 6) is -0.468. The number of rotatable bonds is 5. The number of hydrogen-bond acceptors (Lipinski definition) is 4. The van der Waals surface area contributed by atoms with Crippen LogP contribution in [-0.4, -0.2) is 20.3 Å². The van der Waals surface area contributed by atoms with Crippen molar-refractivity contribution in [2.75, 3.05) is 0 Å². The molecule has 2 rings (SSSR count). The molecule has 0 radical (unpaired) electrons. The summed E-state index contributed by atoms with van der Waals surface area (Å²) in [4.78, 5) is 16.8. The molecule has 1 aromatic heterocycles. The van der Waals surface area contributed by atoms with Crippen LogP contribution in [0.2, 0.25) is 0 Å². The zero-order chi connectivity index (χ0) is 14.7. The minimum absolute atomic E-state index is 0.0161. The number of aryl methyl sites for hydroxylation is 2. The maximum absolute atomic E-state index is 12.2. The molecule has 4 nitrogen and oxygen atoms in total. The van der Waals surface area contributed by atoms with Crippen LogP contribution < -0.4 is 0 Å². The van der Waals surface area contributed by atoms with E-state index in [1.165, 1.54) is 0 Å². The molecular weight excluding hydrogens is 294 g/mol. The lowest BCUT2D eigenvalue weighted by molar-refractivity contribution is -0.136. The quantitative estimate of drug-likeness (QED) is 0.922. The lowest BCUT2D eigenvalue weighted by Gasteiger charge is -2.02. The summed E-state index contributed by atoms with van der Waals surface area (Å²) < 4.78 is 12.2. The molecule has 0 bridgehead atoms. The zero-order valence-electron chi connectivity index (χ0n) is 11.3. The molecule has 0 saturated heterocycles. The number of carbonyl (C=O) groups is 1. The third-order valence-corrected chi connectivity index (χ3v) is 5.46. The Hall–Kier alpha value is -1.53. The Kier molecular flexibility index (Phi) is 4.67. The van der Waals surface area contributed by atoms with Crippen molar-refractivity contribution in [3.63, 3.8) is 0 Å². The van der Waals surface area contributed by atoms with Crippen molar-refractivity contribution in [3.05, 3.63) is 45.4 Å². The van der Waals surface area contributed by atoms with E-state index in [4.69, 9.17) is 5.11 Å². The predicted molar refractivity (Wildman–Crippen MR) is 79.5 cm³/mol. The normalized spacial score (nSPS) is 12.3. The zero-order valence-corrected chi connectivity index (χ0v) is 12.9. The molecule has 0 aliphatic carbocycles. The lowest BCUT2D eigenvalue weighted by Crippen LogP contribution is -2.01. The third-order valence-electron chi connectivity index (χ3n) is 2.87. The van der Waals surface area contributed by atoms with E-state index in [-0.39, 0.29) is 6.42 Å². The van der Waals surface area contributed by atoms with Gasteiger partial charge in [0.25, 0.3) is 0 Å². The Morgan fingerprint density at radius 3 is 2.45 bits per heavy atom. The molecule has 1 N–H and O–H groups in total. The van der Waals surface area contributed by atoms with E-state index < -0.39 is 16.8 Å². The van der Waals surface area contributed by atoms with Crippen molar-refractivity contribution in [1.82, 2.24) is 4.98 Å². The van der Waals surface area contributed by atoms with Crippen molar-refractivity contribution in [3.8, 4) is 0 Å². The van der Waals surface area contributed by atoms with E-state index in [1.807, 2.05) is 13.8 Å². The molecule has 0 saturated carbocycles. The van der Waals surface area contributed by atoms with Crippen molar-refractivity contribution < 1.29 is 14.1 Å². The maximum atomic E-state index is 12.2. The third kappa shape index (κ3) is 3.74. The van der Waals surface area contributed by atoms with E-state index >= 15 is 0 Å². The highest BCUT2D eigenvalue weighted by Crippen LogP contribution is 2.20. The van der Waals surface area contributed by atoms with Gasteiger partial charge in [-0.25, -0.2) is 4.98 Å². The standard InChI is InChI=1S/C14H15NO3S2/c1-9-10(2)19-13(15-9)8-20(18)12-5-3-11(4-6-12)7-14(16)17/h3-6H,7-8H2,1-2H3,(H,16,17). The van der Waals surface area contributed by atoms with Gasteiger partial charge in [0.15, 0.2) is 0 Å². The second kappa shape index (κ2) is 6.28. The second-order valence-corrected chi connectivity index (χ2v) is 7.19. The minimum Gasteiger partial charge on any atom is -0.481 e. The summed E-state index contributed by atoms with van der Waals surface area (Å²) in [6, 6.07) is 6.86. The SMILES string of the molecule is Cc1nc(CS(=O)c2ccc(CC(=O)O)cc2)sc1C. The number of aliphatic carboxylic acids is 1. The van der Waals surface area contributed by atoms with Gasteiger partial charge in [-0.05, 0) is 31.5 Å². The number of thiazole rings is 1. The molecular formula is C14H15NO3S2. The number of benzene rings is 1. The fraction of sp³-hybridized carbons (Fsp3) is 0.286. The Bertz CT molecular complexity index is 627. The van der Waals surface area contributed by atoms with Crippen LogP contribution in [-0.2, 0) is 27.8 Å². The topological polar surface area (TPSA) is 67.3 Å². The number of carboxylic acid groups (broad SMARTS) is 1. The van der Waals surface area contributed by atoms with Gasteiger partial charge in [0.05, 0.1) is 28.7 Å². The fourth-order valence-electron chi connectivity index (χ4n) is 1.73. The van der Waals surface area contributed by atoms with Crippen LogP contribution in [0.5, 0.6) is 0 Å². The average Bonchev–Trinajstić information content (AvgIpc) is 2.68. The summed E-state index contributed by atoms with van der Waals surface area (Å²) in [6.45, 7) is 3.94. The van der Waals surface area contributed by atoms with E-state index in [1.54, 1.807) is 35.6 Å². The van der Waals surface area contributed by atoms with Gasteiger partial charge in [-0.3, -0.25) is 9.00 Å². The minimum atomic E-state index is -1.15. The van der Waals surface area contributed by atoms with Gasteiger partial charge in [0.2, 0.25) is 0 Å². The van der Waals surface area contributed by atoms with Crippen molar-refractivity contribution in [2.24, 2.45) is 0 Å². The molecule has 2 aromatic rings. The summed E-state index contributed by atoms with van der Waals surface area (Å²) >= 11 is 1.57. The molecule has 106 valence electrons. The molecule has 0 fully saturated rings. The van der Waals surface area contributed by atoms with Crippen LogP contribution in [0.25, 0.3) is 0 Å². The Morgan fingerprint density at radius 1 is 1.30 bits per heavy atom. The van der Waals surface area contributed by atoms with Crippen LogP contribution in [0.15, 0.2) is 29.2 Å². The number of nitrogens with zero attached hydrogens (tertiary/aromatic N) is 1. The van der Waals surface area contributed by atoms with Crippen LogP contribution >= 0.6 is 11.3 Å². The van der Waals surface area contributed by atoms with E-state index in [0.717, 1.165) is 15.6 Å². The smallest absolute Gasteiger partial charge is 0.307 e.